The van der Waals surface area contributed by atoms with Gasteiger partial charge in [0.25, 0.3) is 0 Å². The third-order valence-corrected chi connectivity index (χ3v) is 4.21. The monoisotopic (exact) mass is 294 g/mol. The minimum Gasteiger partial charge on any atom is -0.472 e. The van der Waals surface area contributed by atoms with E-state index in [-0.39, 0.29) is 6.03 Å². The largest absolute Gasteiger partial charge is 0.472 e. The molecule has 0 saturated carbocycles. The molecule has 2 amide bonds. The van der Waals surface area contributed by atoms with E-state index in [0.717, 1.165) is 32.6 Å². The molecule has 0 bridgehead atoms. The van der Waals surface area contributed by atoms with Crippen molar-refractivity contribution in [1.29, 1.82) is 0 Å². The molecular formula is C15H26N4O2. The zero-order valence-corrected chi connectivity index (χ0v) is 13.1. The van der Waals surface area contributed by atoms with Gasteiger partial charge in [-0.15, -0.1) is 0 Å². The standard InChI is InChI=1S/C15H26N4O2/c1-16-15(20)17-8-13-4-6-19(10-14(13)18(2)3)9-12-5-7-21-11-12/h5,7,11,13-14H,4,6,8-10H2,1-3H3,(H2,16,17,20)/t13-,14-/m1/s1. The average Bonchev–Trinajstić information content (AvgIpc) is 2.98. The Balaban J connectivity index is 1.89. The molecule has 0 radical (unpaired) electrons. The lowest BCUT2D eigenvalue weighted by Gasteiger charge is -2.41. The molecule has 6 nitrogen and oxygen atoms in total. The van der Waals surface area contributed by atoms with E-state index in [0.29, 0.717) is 12.0 Å². The molecule has 1 aliphatic rings. The van der Waals surface area contributed by atoms with Crippen molar-refractivity contribution in [2.45, 2.75) is 19.0 Å². The Morgan fingerprint density at radius 1 is 1.52 bits per heavy atom. The van der Waals surface area contributed by atoms with Crippen LogP contribution in [-0.4, -0.2) is 62.7 Å². The number of amides is 2. The summed E-state index contributed by atoms with van der Waals surface area (Å²) in [6.45, 7) is 3.71. The van der Waals surface area contributed by atoms with E-state index in [1.165, 1.54) is 5.56 Å². The Morgan fingerprint density at radius 3 is 2.95 bits per heavy atom. The lowest BCUT2D eigenvalue weighted by Crippen LogP contribution is -2.53. The number of urea groups is 1. The first-order chi connectivity index (χ1) is 10.1. The predicted molar refractivity (Wildman–Crippen MR) is 82.0 cm³/mol. The molecule has 2 N–H and O–H groups in total. The highest BCUT2D eigenvalue weighted by Gasteiger charge is 2.30. The van der Waals surface area contributed by atoms with Crippen LogP contribution in [0.15, 0.2) is 23.0 Å². The van der Waals surface area contributed by atoms with Crippen molar-refractivity contribution >= 4 is 6.03 Å². The van der Waals surface area contributed by atoms with Gasteiger partial charge in [-0.25, -0.2) is 4.79 Å². The number of carbonyl (C=O) groups is 1. The fraction of sp³-hybridized carbons (Fsp3) is 0.667. The molecule has 6 heteroatoms. The van der Waals surface area contributed by atoms with E-state index in [9.17, 15) is 4.79 Å². The zero-order valence-electron chi connectivity index (χ0n) is 13.1. The van der Waals surface area contributed by atoms with Crippen LogP contribution in [-0.2, 0) is 6.54 Å². The molecule has 21 heavy (non-hydrogen) atoms. The lowest BCUT2D eigenvalue weighted by atomic mass is 9.90. The average molecular weight is 294 g/mol. The van der Waals surface area contributed by atoms with Crippen molar-refractivity contribution in [3.63, 3.8) is 0 Å². The predicted octanol–water partition coefficient (Wildman–Crippen LogP) is 0.961. The molecule has 2 rings (SSSR count). The van der Waals surface area contributed by atoms with Crippen LogP contribution in [0.3, 0.4) is 0 Å². The van der Waals surface area contributed by atoms with Gasteiger partial charge in [-0.1, -0.05) is 0 Å². The van der Waals surface area contributed by atoms with Crippen LogP contribution in [0.2, 0.25) is 0 Å². The lowest BCUT2D eigenvalue weighted by molar-refractivity contribution is 0.0781. The van der Waals surface area contributed by atoms with Gasteiger partial charge in [-0.05, 0) is 39.0 Å². The Hall–Kier alpha value is -1.53. The van der Waals surface area contributed by atoms with E-state index >= 15 is 0 Å². The number of hydrogen-bond donors (Lipinski definition) is 2. The Bertz CT molecular complexity index is 433. The van der Waals surface area contributed by atoms with Gasteiger partial charge >= 0.3 is 6.03 Å². The second-order valence-corrected chi connectivity index (χ2v) is 5.91. The van der Waals surface area contributed by atoms with E-state index in [4.69, 9.17) is 4.42 Å². The van der Waals surface area contributed by atoms with E-state index in [2.05, 4.69) is 34.5 Å². The van der Waals surface area contributed by atoms with Crippen LogP contribution in [0.5, 0.6) is 0 Å². The van der Waals surface area contributed by atoms with Gasteiger partial charge in [0.2, 0.25) is 0 Å². The second kappa shape index (κ2) is 7.47. The van der Waals surface area contributed by atoms with Crippen molar-refractivity contribution in [3.8, 4) is 0 Å². The van der Waals surface area contributed by atoms with E-state index in [1.807, 2.05) is 12.3 Å². The summed E-state index contributed by atoms with van der Waals surface area (Å²) in [5.74, 6) is 0.484. The maximum atomic E-state index is 11.4. The quantitative estimate of drug-likeness (QED) is 0.849. The summed E-state index contributed by atoms with van der Waals surface area (Å²) in [5.41, 5.74) is 1.22. The summed E-state index contributed by atoms with van der Waals surface area (Å²) >= 11 is 0. The molecule has 1 saturated heterocycles. The summed E-state index contributed by atoms with van der Waals surface area (Å²) < 4.78 is 5.14. The molecule has 0 spiro atoms. The van der Waals surface area contributed by atoms with Crippen LogP contribution < -0.4 is 10.6 Å². The Morgan fingerprint density at radius 2 is 2.33 bits per heavy atom. The topological polar surface area (TPSA) is 60.8 Å². The molecule has 1 fully saturated rings. The number of likely N-dealkylation sites (tertiary alicyclic amines) is 1. The number of rotatable bonds is 5. The SMILES string of the molecule is CNC(=O)NC[C@H]1CCN(Cc2ccoc2)C[C@H]1N(C)C. The zero-order chi connectivity index (χ0) is 15.2. The van der Waals surface area contributed by atoms with Gasteiger partial charge in [0.05, 0.1) is 12.5 Å². The fourth-order valence-corrected chi connectivity index (χ4v) is 2.97. The third kappa shape index (κ3) is 4.47. The highest BCUT2D eigenvalue weighted by atomic mass is 16.3. The van der Waals surface area contributed by atoms with Crippen molar-refractivity contribution < 1.29 is 9.21 Å². The van der Waals surface area contributed by atoms with Crippen molar-refractivity contribution in [2.24, 2.45) is 5.92 Å². The van der Waals surface area contributed by atoms with Gasteiger partial charge in [0.15, 0.2) is 0 Å². The summed E-state index contributed by atoms with van der Waals surface area (Å²) in [6.07, 6.45) is 4.62. The normalized spacial score (nSPS) is 23.2. The van der Waals surface area contributed by atoms with Crippen LogP contribution in [0.1, 0.15) is 12.0 Å². The third-order valence-electron chi connectivity index (χ3n) is 4.21. The summed E-state index contributed by atoms with van der Waals surface area (Å²) in [7, 11) is 5.87. The van der Waals surface area contributed by atoms with Crippen LogP contribution >= 0.6 is 0 Å². The molecule has 118 valence electrons. The maximum Gasteiger partial charge on any atom is 0.314 e. The fourth-order valence-electron chi connectivity index (χ4n) is 2.97. The number of furan rings is 1. The van der Waals surface area contributed by atoms with Crippen molar-refractivity contribution in [1.82, 2.24) is 20.4 Å². The first-order valence-corrected chi connectivity index (χ1v) is 7.45. The molecule has 1 aromatic rings. The molecule has 0 aliphatic carbocycles. The van der Waals surface area contributed by atoms with Gasteiger partial charge in [-0.3, -0.25) is 4.90 Å². The van der Waals surface area contributed by atoms with Crippen molar-refractivity contribution in [2.75, 3.05) is 40.8 Å². The molecular weight excluding hydrogens is 268 g/mol. The smallest absolute Gasteiger partial charge is 0.314 e. The van der Waals surface area contributed by atoms with Gasteiger partial charge < -0.3 is 20.0 Å². The molecule has 0 aromatic carbocycles. The number of carbonyl (C=O) groups excluding carboxylic acids is 1. The summed E-state index contributed by atoms with van der Waals surface area (Å²) in [6, 6.07) is 2.36. The highest BCUT2D eigenvalue weighted by Crippen LogP contribution is 2.22. The molecule has 1 aliphatic heterocycles. The molecule has 1 aromatic heterocycles. The summed E-state index contributed by atoms with van der Waals surface area (Å²) in [4.78, 5) is 16.1. The number of piperidine rings is 1. The Kier molecular flexibility index (Phi) is 5.64. The first kappa shape index (κ1) is 15.9. The maximum absolute atomic E-state index is 11.4. The molecule has 2 heterocycles. The van der Waals surface area contributed by atoms with Gasteiger partial charge in [-0.2, -0.15) is 0 Å². The van der Waals surface area contributed by atoms with Crippen LogP contribution in [0.4, 0.5) is 4.79 Å². The molecule has 0 unspecified atom stereocenters. The highest BCUT2D eigenvalue weighted by molar-refractivity contribution is 5.73. The minimum absolute atomic E-state index is 0.103. The van der Waals surface area contributed by atoms with E-state index < -0.39 is 0 Å². The van der Waals surface area contributed by atoms with Gasteiger partial charge in [0.1, 0.15) is 0 Å². The number of nitrogens with zero attached hydrogens (tertiary/aromatic N) is 2. The minimum atomic E-state index is -0.103. The number of nitrogens with one attached hydrogen (secondary N) is 2. The Labute approximate surface area is 126 Å². The number of hydrogen-bond acceptors (Lipinski definition) is 4. The summed E-state index contributed by atoms with van der Waals surface area (Å²) in [5, 5.41) is 5.54. The van der Waals surface area contributed by atoms with Crippen LogP contribution in [0, 0.1) is 5.92 Å². The van der Waals surface area contributed by atoms with Crippen molar-refractivity contribution in [3.05, 3.63) is 24.2 Å². The molecule has 2 atom stereocenters. The van der Waals surface area contributed by atoms with E-state index in [1.54, 1.807) is 13.3 Å². The number of likely N-dealkylation sites (N-methyl/N-ethyl adjacent to an activating group) is 1. The van der Waals surface area contributed by atoms with Crippen LogP contribution in [0.25, 0.3) is 0 Å². The second-order valence-electron chi connectivity index (χ2n) is 5.91. The first-order valence-electron chi connectivity index (χ1n) is 7.45. The van der Waals surface area contributed by atoms with Gasteiger partial charge in [0, 0.05) is 38.3 Å².